The molecule has 1 aromatic heterocycles. The number of amides is 1. The highest BCUT2D eigenvalue weighted by atomic mass is 16.5. The van der Waals surface area contributed by atoms with E-state index in [1.807, 2.05) is 0 Å². The van der Waals surface area contributed by atoms with Gasteiger partial charge in [0.05, 0.1) is 18.9 Å². The van der Waals surface area contributed by atoms with Crippen LogP contribution in [-0.2, 0) is 0 Å². The molecule has 0 aliphatic rings. The molecular weight excluding hydrogens is 258 g/mol. The van der Waals surface area contributed by atoms with Gasteiger partial charge in [-0.15, -0.1) is 0 Å². The molecule has 1 amide bonds. The van der Waals surface area contributed by atoms with Crippen LogP contribution in [0.4, 0.5) is 5.69 Å². The number of aromatic amines is 1. The van der Waals surface area contributed by atoms with E-state index in [1.54, 1.807) is 24.3 Å². The Hall–Kier alpha value is -2.88. The normalized spacial score (nSPS) is 9.75. The van der Waals surface area contributed by atoms with Crippen LogP contribution < -0.4 is 10.1 Å². The molecule has 7 heteroatoms. The number of rotatable bonds is 6. The van der Waals surface area contributed by atoms with Crippen LogP contribution >= 0.6 is 0 Å². The fourth-order valence-electron chi connectivity index (χ4n) is 1.51. The lowest BCUT2D eigenvalue weighted by Crippen LogP contribution is -2.12. The van der Waals surface area contributed by atoms with Crippen LogP contribution in [0.2, 0.25) is 0 Å². The van der Waals surface area contributed by atoms with Gasteiger partial charge in [0.1, 0.15) is 5.75 Å². The number of carbonyl (C=O) groups excluding carboxylic acids is 1. The number of H-pyrrole nitrogens is 1. The summed E-state index contributed by atoms with van der Waals surface area (Å²) in [6.07, 6.45) is 2.48. The van der Waals surface area contributed by atoms with E-state index in [1.165, 1.54) is 6.20 Å². The third-order valence-electron chi connectivity index (χ3n) is 2.44. The Morgan fingerprint density at radius 1 is 1.50 bits per heavy atom. The molecule has 0 spiro atoms. The number of aromatic nitrogens is 3. The monoisotopic (exact) mass is 271 g/mol. The number of benzene rings is 1. The third kappa shape index (κ3) is 3.81. The summed E-state index contributed by atoms with van der Waals surface area (Å²) in [5, 5.41) is 20.8. The van der Waals surface area contributed by atoms with Gasteiger partial charge in [-0.25, -0.2) is 0 Å². The zero-order chi connectivity index (χ0) is 14.2. The average Bonchev–Trinajstić information content (AvgIpc) is 2.98. The van der Waals surface area contributed by atoms with Crippen molar-refractivity contribution in [3.05, 3.63) is 36.2 Å². The molecule has 0 fully saturated rings. The van der Waals surface area contributed by atoms with E-state index in [4.69, 9.17) is 10.00 Å². The fraction of sp³-hybridized carbons (Fsp3) is 0.231. The first-order valence-corrected chi connectivity index (χ1v) is 6.06. The zero-order valence-electron chi connectivity index (χ0n) is 10.7. The van der Waals surface area contributed by atoms with Gasteiger partial charge in [0.25, 0.3) is 5.91 Å². The number of nitriles is 1. The summed E-state index contributed by atoms with van der Waals surface area (Å²) in [5.74, 6) is 0.293. The summed E-state index contributed by atoms with van der Waals surface area (Å²) >= 11 is 0. The lowest BCUT2D eigenvalue weighted by atomic mass is 10.3. The van der Waals surface area contributed by atoms with Crippen LogP contribution in [0.15, 0.2) is 30.5 Å². The third-order valence-corrected chi connectivity index (χ3v) is 2.44. The van der Waals surface area contributed by atoms with Crippen molar-refractivity contribution in [3.8, 4) is 11.8 Å². The molecule has 102 valence electrons. The van der Waals surface area contributed by atoms with Crippen molar-refractivity contribution in [2.45, 2.75) is 12.8 Å². The summed E-state index contributed by atoms with van der Waals surface area (Å²) in [7, 11) is 0. The Bertz CT molecular complexity index is 603. The minimum atomic E-state index is -0.347. The second-order valence-electron chi connectivity index (χ2n) is 3.95. The minimum absolute atomic E-state index is 0.213. The molecule has 7 nitrogen and oxygen atoms in total. The van der Waals surface area contributed by atoms with Gasteiger partial charge in [-0.3, -0.25) is 4.79 Å². The van der Waals surface area contributed by atoms with Crippen molar-refractivity contribution in [3.63, 3.8) is 0 Å². The highest BCUT2D eigenvalue weighted by Gasteiger charge is 2.09. The van der Waals surface area contributed by atoms with E-state index in [0.717, 1.165) is 0 Å². The predicted octanol–water partition coefficient (Wildman–Crippen LogP) is 1.74. The molecule has 20 heavy (non-hydrogen) atoms. The summed E-state index contributed by atoms with van der Waals surface area (Å²) in [6, 6.07) is 9.08. The number of ether oxygens (including phenoxy) is 1. The number of unbranched alkanes of at least 4 members (excludes halogenated alkanes) is 1. The SMILES string of the molecule is N#CCCCOc1cccc(NC(=O)c2cn[nH]n2)c1. The molecule has 0 saturated carbocycles. The molecule has 1 heterocycles. The van der Waals surface area contributed by atoms with Gasteiger partial charge < -0.3 is 10.1 Å². The van der Waals surface area contributed by atoms with Crippen molar-refractivity contribution in [2.24, 2.45) is 0 Å². The quantitative estimate of drug-likeness (QED) is 0.779. The van der Waals surface area contributed by atoms with Gasteiger partial charge in [-0.1, -0.05) is 6.07 Å². The number of anilines is 1. The Balaban J connectivity index is 1.92. The van der Waals surface area contributed by atoms with Crippen LogP contribution in [0, 0.1) is 11.3 Å². The Labute approximate surface area is 115 Å². The van der Waals surface area contributed by atoms with Crippen molar-refractivity contribution < 1.29 is 9.53 Å². The molecule has 0 bridgehead atoms. The maximum absolute atomic E-state index is 11.8. The van der Waals surface area contributed by atoms with E-state index in [9.17, 15) is 4.79 Å². The Morgan fingerprint density at radius 3 is 3.15 bits per heavy atom. The van der Waals surface area contributed by atoms with Gasteiger partial charge in [-0.2, -0.15) is 20.7 Å². The van der Waals surface area contributed by atoms with E-state index in [0.29, 0.717) is 30.9 Å². The number of carbonyl (C=O) groups is 1. The molecule has 0 radical (unpaired) electrons. The summed E-state index contributed by atoms with van der Waals surface area (Å²) in [5.41, 5.74) is 0.820. The van der Waals surface area contributed by atoms with Crippen molar-refractivity contribution in [1.29, 1.82) is 5.26 Å². The lowest BCUT2D eigenvalue weighted by Gasteiger charge is -2.07. The number of nitrogens with one attached hydrogen (secondary N) is 2. The van der Waals surface area contributed by atoms with Crippen LogP contribution in [0.1, 0.15) is 23.3 Å². The Morgan fingerprint density at radius 2 is 2.40 bits per heavy atom. The molecule has 0 aliphatic heterocycles. The van der Waals surface area contributed by atoms with E-state index in [-0.39, 0.29) is 11.6 Å². The standard InChI is InChI=1S/C13H13N5O2/c14-6-1-2-7-20-11-5-3-4-10(8-11)16-13(19)12-9-15-18-17-12/h3-5,8-9H,1-2,7H2,(H,16,19)(H,15,17,18). The van der Waals surface area contributed by atoms with Gasteiger partial charge in [-0.05, 0) is 18.6 Å². The first-order valence-electron chi connectivity index (χ1n) is 6.06. The molecule has 2 N–H and O–H groups in total. The van der Waals surface area contributed by atoms with Crippen molar-refractivity contribution in [1.82, 2.24) is 15.4 Å². The highest BCUT2D eigenvalue weighted by Crippen LogP contribution is 2.18. The van der Waals surface area contributed by atoms with Crippen molar-refractivity contribution >= 4 is 11.6 Å². The van der Waals surface area contributed by atoms with Crippen LogP contribution in [-0.4, -0.2) is 27.9 Å². The minimum Gasteiger partial charge on any atom is -0.493 e. The van der Waals surface area contributed by atoms with E-state index < -0.39 is 0 Å². The van der Waals surface area contributed by atoms with E-state index in [2.05, 4.69) is 26.8 Å². The van der Waals surface area contributed by atoms with Crippen LogP contribution in [0.25, 0.3) is 0 Å². The van der Waals surface area contributed by atoms with Gasteiger partial charge in [0, 0.05) is 18.2 Å². The average molecular weight is 271 g/mol. The molecule has 2 aromatic rings. The van der Waals surface area contributed by atoms with Gasteiger partial charge in [0.15, 0.2) is 5.69 Å². The number of hydrogen-bond acceptors (Lipinski definition) is 5. The summed E-state index contributed by atoms with van der Waals surface area (Å²) in [6.45, 7) is 0.467. The second-order valence-corrected chi connectivity index (χ2v) is 3.95. The van der Waals surface area contributed by atoms with E-state index >= 15 is 0 Å². The highest BCUT2D eigenvalue weighted by molar-refractivity contribution is 6.02. The molecule has 0 saturated heterocycles. The molecule has 0 aliphatic carbocycles. The number of nitrogens with zero attached hydrogens (tertiary/aromatic N) is 3. The lowest BCUT2D eigenvalue weighted by molar-refractivity contribution is 0.102. The zero-order valence-corrected chi connectivity index (χ0v) is 10.7. The maximum atomic E-state index is 11.8. The molecule has 2 rings (SSSR count). The first-order chi connectivity index (χ1) is 9.79. The molecule has 0 atom stereocenters. The maximum Gasteiger partial charge on any atom is 0.277 e. The number of hydrogen-bond donors (Lipinski definition) is 2. The smallest absolute Gasteiger partial charge is 0.277 e. The first kappa shape index (κ1) is 13.5. The second kappa shape index (κ2) is 6.89. The fourth-order valence-corrected chi connectivity index (χ4v) is 1.51. The Kier molecular flexibility index (Phi) is 4.67. The summed E-state index contributed by atoms with van der Waals surface area (Å²) < 4.78 is 5.48. The van der Waals surface area contributed by atoms with Crippen LogP contribution in [0.5, 0.6) is 5.75 Å². The van der Waals surface area contributed by atoms with Crippen LogP contribution in [0.3, 0.4) is 0 Å². The van der Waals surface area contributed by atoms with Gasteiger partial charge >= 0.3 is 0 Å². The van der Waals surface area contributed by atoms with Gasteiger partial charge in [0.2, 0.25) is 0 Å². The molecule has 0 unspecified atom stereocenters. The largest absolute Gasteiger partial charge is 0.493 e. The van der Waals surface area contributed by atoms with Crippen molar-refractivity contribution in [2.75, 3.05) is 11.9 Å². The summed E-state index contributed by atoms with van der Waals surface area (Å²) in [4.78, 5) is 11.8. The molecule has 1 aromatic carbocycles. The topological polar surface area (TPSA) is 104 Å². The molecular formula is C13H13N5O2. The predicted molar refractivity (Wildman–Crippen MR) is 71.1 cm³/mol.